The van der Waals surface area contributed by atoms with Gasteiger partial charge in [-0.25, -0.2) is 0 Å². The summed E-state index contributed by atoms with van der Waals surface area (Å²) >= 11 is 0. The molecular weight excluding hydrogens is 484 g/mol. The zero-order valence-electron chi connectivity index (χ0n) is 21.5. The van der Waals surface area contributed by atoms with Gasteiger partial charge in [-0.15, -0.1) is 0 Å². The number of aliphatic hydroxyl groups is 2. The van der Waals surface area contributed by atoms with E-state index in [1.807, 2.05) is 24.3 Å². The molecule has 7 nitrogen and oxygen atoms in total. The maximum atomic E-state index is 11.7. The first-order valence-corrected chi connectivity index (χ1v) is 13.4. The molecule has 3 aromatic rings. The molecule has 7 heteroatoms. The van der Waals surface area contributed by atoms with Crippen molar-refractivity contribution < 1.29 is 34.3 Å². The van der Waals surface area contributed by atoms with Gasteiger partial charge in [-0.1, -0.05) is 12.1 Å². The summed E-state index contributed by atoms with van der Waals surface area (Å²) in [7, 11) is 1.59. The zero-order valence-corrected chi connectivity index (χ0v) is 21.5. The summed E-state index contributed by atoms with van der Waals surface area (Å²) in [4.78, 5) is 0. The molecule has 0 amide bonds. The second-order valence-electron chi connectivity index (χ2n) is 10.6. The second-order valence-corrected chi connectivity index (χ2v) is 10.6. The number of phenols is 1. The monoisotopic (exact) mass is 518 g/mol. The highest BCUT2D eigenvalue weighted by Crippen LogP contribution is 2.48. The average Bonchev–Trinajstić information content (AvgIpc) is 3.43. The molecular formula is C31H34O7. The topological polar surface area (TPSA) is 97.6 Å². The van der Waals surface area contributed by atoms with Crippen LogP contribution in [0.4, 0.5) is 0 Å². The fourth-order valence-electron chi connectivity index (χ4n) is 6.10. The number of benzene rings is 3. The summed E-state index contributed by atoms with van der Waals surface area (Å²) in [6, 6.07) is 16.4. The first-order valence-electron chi connectivity index (χ1n) is 13.4. The van der Waals surface area contributed by atoms with Crippen molar-refractivity contribution in [3.8, 4) is 28.7 Å². The van der Waals surface area contributed by atoms with Crippen LogP contribution in [0.2, 0.25) is 0 Å². The van der Waals surface area contributed by atoms with Gasteiger partial charge in [-0.05, 0) is 73.7 Å². The van der Waals surface area contributed by atoms with Gasteiger partial charge in [0.05, 0.1) is 38.6 Å². The van der Waals surface area contributed by atoms with E-state index in [1.165, 1.54) is 0 Å². The minimum Gasteiger partial charge on any atom is -0.508 e. The molecule has 0 aromatic heterocycles. The number of hydrogen-bond donors (Lipinski definition) is 3. The van der Waals surface area contributed by atoms with Crippen LogP contribution in [0.5, 0.6) is 28.7 Å². The summed E-state index contributed by atoms with van der Waals surface area (Å²) in [5, 5.41) is 33.0. The van der Waals surface area contributed by atoms with Gasteiger partial charge in [0.1, 0.15) is 28.7 Å². The Morgan fingerprint density at radius 1 is 0.842 bits per heavy atom. The van der Waals surface area contributed by atoms with Crippen LogP contribution in [0.3, 0.4) is 0 Å². The lowest BCUT2D eigenvalue weighted by molar-refractivity contribution is -0.0554. The molecule has 4 atom stereocenters. The Morgan fingerprint density at radius 2 is 1.58 bits per heavy atom. The van der Waals surface area contributed by atoms with Crippen LogP contribution in [-0.4, -0.2) is 41.7 Å². The van der Waals surface area contributed by atoms with Crippen molar-refractivity contribution in [2.24, 2.45) is 11.8 Å². The van der Waals surface area contributed by atoms with Crippen molar-refractivity contribution in [1.82, 2.24) is 0 Å². The highest BCUT2D eigenvalue weighted by molar-refractivity contribution is 5.52. The molecule has 200 valence electrons. The maximum Gasteiger partial charge on any atom is 0.128 e. The highest BCUT2D eigenvalue weighted by atomic mass is 16.5. The van der Waals surface area contributed by atoms with Gasteiger partial charge in [0.25, 0.3) is 0 Å². The molecule has 1 fully saturated rings. The van der Waals surface area contributed by atoms with Crippen LogP contribution >= 0.6 is 0 Å². The number of aliphatic hydroxyl groups excluding tert-OH is 2. The molecule has 1 saturated carbocycles. The van der Waals surface area contributed by atoms with E-state index < -0.39 is 12.2 Å². The average molecular weight is 519 g/mol. The SMILES string of the molecule is COc1ccc2c(c1)[C@H](O)[C@H]([C@H]1COc3c(Cc4cccc(O)c4)cc(OC4CCCC4)cc3[C@H]1O)CO2. The number of fused-ring (bicyclic) bond motifs is 2. The standard InChI is InChI=1S/C31H34O7/c1-35-22-9-10-28-24(14-22)29(33)26(16-36-28)27-17-37-31-19(11-18-5-4-6-20(32)12-18)13-23(15-25(31)30(27)34)38-21-7-2-3-8-21/h4-6,9-10,12-15,21,26-27,29-30,32-34H,2-3,7-8,11,16-17H2,1H3/t26-,27+,29-,30+/m0/s1. The van der Waals surface area contributed by atoms with E-state index in [4.69, 9.17) is 18.9 Å². The summed E-state index contributed by atoms with van der Waals surface area (Å²) < 4.78 is 24.0. The van der Waals surface area contributed by atoms with E-state index in [0.29, 0.717) is 40.5 Å². The van der Waals surface area contributed by atoms with Crippen LogP contribution in [0.25, 0.3) is 0 Å². The lowest BCUT2D eigenvalue weighted by Gasteiger charge is -2.40. The van der Waals surface area contributed by atoms with Crippen LogP contribution in [0.1, 0.15) is 60.1 Å². The van der Waals surface area contributed by atoms with Gasteiger partial charge in [0.15, 0.2) is 0 Å². The third-order valence-electron chi connectivity index (χ3n) is 8.14. The van der Waals surface area contributed by atoms with E-state index >= 15 is 0 Å². The molecule has 0 bridgehead atoms. The molecule has 0 spiro atoms. The fraction of sp³-hybridized carbons (Fsp3) is 0.419. The van der Waals surface area contributed by atoms with E-state index in [-0.39, 0.29) is 36.9 Å². The Balaban J connectivity index is 1.32. The van der Waals surface area contributed by atoms with Crippen molar-refractivity contribution in [3.63, 3.8) is 0 Å². The van der Waals surface area contributed by atoms with Gasteiger partial charge in [-0.2, -0.15) is 0 Å². The van der Waals surface area contributed by atoms with Crippen LogP contribution < -0.4 is 18.9 Å². The molecule has 0 saturated heterocycles. The molecule has 3 N–H and O–H groups in total. The fourth-order valence-corrected chi connectivity index (χ4v) is 6.10. The van der Waals surface area contributed by atoms with Gasteiger partial charge >= 0.3 is 0 Å². The molecule has 0 radical (unpaired) electrons. The van der Waals surface area contributed by atoms with Gasteiger partial charge in [0, 0.05) is 34.9 Å². The lowest BCUT2D eigenvalue weighted by Crippen LogP contribution is -2.40. The smallest absolute Gasteiger partial charge is 0.128 e. The quantitative estimate of drug-likeness (QED) is 0.418. The Kier molecular flexibility index (Phi) is 6.80. The summed E-state index contributed by atoms with van der Waals surface area (Å²) in [5.41, 5.74) is 3.15. The number of methoxy groups -OCH3 is 1. The minimum absolute atomic E-state index is 0.166. The van der Waals surface area contributed by atoms with Crippen LogP contribution in [0.15, 0.2) is 54.6 Å². The Labute approximate surface area is 222 Å². The second kappa shape index (κ2) is 10.4. The Morgan fingerprint density at radius 3 is 2.34 bits per heavy atom. The predicted octanol–water partition coefficient (Wildman–Crippen LogP) is 5.10. The molecule has 6 rings (SSSR count). The Bertz CT molecular complexity index is 1300. The molecule has 38 heavy (non-hydrogen) atoms. The Hall–Kier alpha value is -3.42. The van der Waals surface area contributed by atoms with Crippen LogP contribution in [-0.2, 0) is 6.42 Å². The van der Waals surface area contributed by atoms with Crippen molar-refractivity contribution in [2.75, 3.05) is 20.3 Å². The number of rotatable bonds is 6. The highest BCUT2D eigenvalue weighted by Gasteiger charge is 2.43. The van der Waals surface area contributed by atoms with Crippen molar-refractivity contribution in [1.29, 1.82) is 0 Å². The molecule has 3 aromatic carbocycles. The maximum absolute atomic E-state index is 11.7. The first kappa shape index (κ1) is 24.9. The number of hydrogen-bond acceptors (Lipinski definition) is 7. The zero-order chi connectivity index (χ0) is 26.2. The summed E-state index contributed by atoms with van der Waals surface area (Å²) in [6.45, 7) is 0.518. The predicted molar refractivity (Wildman–Crippen MR) is 141 cm³/mol. The number of aromatic hydroxyl groups is 1. The third-order valence-corrected chi connectivity index (χ3v) is 8.14. The van der Waals surface area contributed by atoms with E-state index in [1.54, 1.807) is 37.4 Å². The largest absolute Gasteiger partial charge is 0.508 e. The molecule has 1 aliphatic carbocycles. The number of ether oxygens (including phenoxy) is 4. The summed E-state index contributed by atoms with van der Waals surface area (Å²) in [6.07, 6.45) is 3.35. The molecule has 3 aliphatic rings. The van der Waals surface area contributed by atoms with Gasteiger partial charge < -0.3 is 34.3 Å². The number of phenolic OH excluding ortho intramolecular Hbond substituents is 1. The van der Waals surface area contributed by atoms with Crippen molar-refractivity contribution >= 4 is 0 Å². The molecule has 0 unspecified atom stereocenters. The lowest BCUT2D eigenvalue weighted by atomic mass is 9.77. The van der Waals surface area contributed by atoms with Crippen molar-refractivity contribution in [2.45, 2.75) is 50.4 Å². The van der Waals surface area contributed by atoms with E-state index in [9.17, 15) is 15.3 Å². The normalized spacial score (nSPS) is 24.6. The summed E-state index contributed by atoms with van der Waals surface area (Å²) in [5.74, 6) is 2.08. The van der Waals surface area contributed by atoms with E-state index in [2.05, 4.69) is 0 Å². The third kappa shape index (κ3) is 4.76. The first-order chi connectivity index (χ1) is 18.5. The molecule has 2 aliphatic heterocycles. The van der Waals surface area contributed by atoms with Crippen molar-refractivity contribution in [3.05, 3.63) is 76.9 Å². The van der Waals surface area contributed by atoms with Gasteiger partial charge in [0.2, 0.25) is 0 Å². The van der Waals surface area contributed by atoms with E-state index in [0.717, 1.165) is 36.8 Å². The van der Waals surface area contributed by atoms with Crippen LogP contribution in [0, 0.1) is 11.8 Å². The minimum atomic E-state index is -0.871. The molecule has 2 heterocycles. The van der Waals surface area contributed by atoms with Gasteiger partial charge in [-0.3, -0.25) is 0 Å².